The lowest BCUT2D eigenvalue weighted by atomic mass is 9.92. The van der Waals surface area contributed by atoms with Crippen molar-refractivity contribution in [1.82, 2.24) is 9.97 Å². The second kappa shape index (κ2) is 7.74. The fourth-order valence-corrected chi connectivity index (χ4v) is 3.43. The van der Waals surface area contributed by atoms with Gasteiger partial charge < -0.3 is 15.6 Å². The molecule has 7 nitrogen and oxygen atoms in total. The summed E-state index contributed by atoms with van der Waals surface area (Å²) in [6.45, 7) is 3.98. The first-order valence-corrected chi connectivity index (χ1v) is 9.41. The summed E-state index contributed by atoms with van der Waals surface area (Å²) in [7, 11) is 0. The molecule has 1 aromatic heterocycles. The number of anilines is 2. The van der Waals surface area contributed by atoms with E-state index in [0.717, 1.165) is 17.7 Å². The second-order valence-electron chi connectivity index (χ2n) is 6.14. The molecule has 2 amide bonds. The number of H-pyrrole nitrogens is 1. The van der Waals surface area contributed by atoms with Crippen molar-refractivity contribution in [1.29, 1.82) is 0 Å². The predicted octanol–water partition coefficient (Wildman–Crippen LogP) is 2.64. The zero-order valence-corrected chi connectivity index (χ0v) is 15.4. The first kappa shape index (κ1) is 18.2. The second-order valence-corrected chi connectivity index (χ2v) is 7.23. The quantitative estimate of drug-likeness (QED) is 0.553. The fraction of sp³-hybridized carbons (Fsp3) is 0.333. The molecule has 2 aromatic rings. The predicted molar refractivity (Wildman–Crippen MR) is 102 cm³/mol. The average molecular weight is 372 g/mol. The normalized spacial score (nSPS) is 15.9. The van der Waals surface area contributed by atoms with Crippen LogP contribution in [0.1, 0.15) is 36.8 Å². The third kappa shape index (κ3) is 3.96. The largest absolute Gasteiger partial charge is 0.326 e. The highest BCUT2D eigenvalue weighted by Crippen LogP contribution is 2.30. The monoisotopic (exact) mass is 372 g/mol. The maximum absolute atomic E-state index is 12.7. The number of benzene rings is 1. The maximum atomic E-state index is 12.7. The summed E-state index contributed by atoms with van der Waals surface area (Å²) in [5, 5.41) is 5.82. The fourth-order valence-electron chi connectivity index (χ4n) is 2.71. The van der Waals surface area contributed by atoms with Gasteiger partial charge in [0.1, 0.15) is 5.82 Å². The summed E-state index contributed by atoms with van der Waals surface area (Å²) in [6, 6.07) is 7.32. The molecule has 1 atom stereocenters. The molecule has 0 unspecified atom stereocenters. The van der Waals surface area contributed by atoms with Crippen LogP contribution in [0.15, 0.2) is 34.2 Å². The van der Waals surface area contributed by atoms with E-state index in [1.54, 1.807) is 12.1 Å². The number of fused-ring (bicyclic) bond motifs is 1. The number of carbonyl (C=O) groups excluding carboxylic acids is 2. The van der Waals surface area contributed by atoms with E-state index in [4.69, 9.17) is 0 Å². The van der Waals surface area contributed by atoms with Crippen LogP contribution in [0.4, 0.5) is 11.5 Å². The Labute approximate surface area is 155 Å². The molecule has 0 aliphatic carbocycles. The number of nitrogens with one attached hydrogen (secondary N) is 3. The van der Waals surface area contributed by atoms with E-state index in [1.807, 2.05) is 26.0 Å². The minimum absolute atomic E-state index is 0.0864. The minimum atomic E-state index is -0.874. The van der Waals surface area contributed by atoms with Gasteiger partial charge in [0.2, 0.25) is 11.8 Å². The van der Waals surface area contributed by atoms with Crippen molar-refractivity contribution < 1.29 is 9.59 Å². The Bertz CT molecular complexity index is 892. The lowest BCUT2D eigenvalue weighted by Crippen LogP contribution is -2.36. The van der Waals surface area contributed by atoms with Crippen LogP contribution in [0.25, 0.3) is 0 Å². The van der Waals surface area contributed by atoms with E-state index in [-0.39, 0.29) is 23.7 Å². The molecule has 1 aromatic carbocycles. The van der Waals surface area contributed by atoms with Gasteiger partial charge in [-0.25, -0.2) is 4.98 Å². The van der Waals surface area contributed by atoms with Crippen LogP contribution in [0.5, 0.6) is 0 Å². The van der Waals surface area contributed by atoms with Crippen molar-refractivity contribution in [3.63, 3.8) is 0 Å². The summed E-state index contributed by atoms with van der Waals surface area (Å²) in [5.41, 5.74) is 1.50. The van der Waals surface area contributed by atoms with Crippen molar-refractivity contribution in [3.8, 4) is 0 Å². The highest BCUT2D eigenvalue weighted by atomic mass is 32.2. The van der Waals surface area contributed by atoms with Gasteiger partial charge in [0.05, 0.1) is 11.5 Å². The number of rotatable bonds is 5. The van der Waals surface area contributed by atoms with Crippen molar-refractivity contribution in [2.45, 2.75) is 37.8 Å². The van der Waals surface area contributed by atoms with Crippen LogP contribution < -0.4 is 16.2 Å². The first-order valence-electron chi connectivity index (χ1n) is 8.42. The molecule has 3 N–H and O–H groups in total. The van der Waals surface area contributed by atoms with Crippen LogP contribution in [0.3, 0.4) is 0 Å². The summed E-state index contributed by atoms with van der Waals surface area (Å²) in [5.74, 6) is -0.626. The van der Waals surface area contributed by atoms with Crippen molar-refractivity contribution in [2.75, 3.05) is 16.4 Å². The average Bonchev–Trinajstić information content (AvgIpc) is 2.60. The number of thioether (sulfide) groups is 1. The van der Waals surface area contributed by atoms with E-state index >= 15 is 0 Å². The number of aryl methyl sites for hydroxylation is 1. The van der Waals surface area contributed by atoms with Crippen molar-refractivity contribution in [2.24, 2.45) is 0 Å². The number of aromatic nitrogens is 2. The third-order valence-electron chi connectivity index (χ3n) is 4.01. The molecule has 1 aliphatic heterocycles. The zero-order valence-electron chi connectivity index (χ0n) is 14.6. The Morgan fingerprint density at radius 3 is 2.73 bits per heavy atom. The Morgan fingerprint density at radius 2 is 2.04 bits per heavy atom. The maximum Gasteiger partial charge on any atom is 0.257 e. The number of carbonyl (C=O) groups is 2. The van der Waals surface area contributed by atoms with Gasteiger partial charge in [-0.1, -0.05) is 36.4 Å². The van der Waals surface area contributed by atoms with Crippen LogP contribution in [-0.2, 0) is 9.59 Å². The standard InChI is InChI=1S/C18H20N4O3S/c1-3-8-26-18-21-15-14(17(25)22-18)12(9-13(23)20-15)16(24)19-11-6-4-10(2)5-7-11/h4-7,12H,3,8-9H2,1-2H3,(H,19,24)(H2,20,21,22,23,25)/t12-/m0/s1. The van der Waals surface area contributed by atoms with Gasteiger partial charge in [-0.15, -0.1) is 0 Å². The van der Waals surface area contributed by atoms with Crippen LogP contribution >= 0.6 is 11.8 Å². The van der Waals surface area contributed by atoms with E-state index in [1.165, 1.54) is 11.8 Å². The highest BCUT2D eigenvalue weighted by Gasteiger charge is 2.34. The summed E-state index contributed by atoms with van der Waals surface area (Å²) >= 11 is 1.40. The van der Waals surface area contributed by atoms with Crippen LogP contribution in [0.2, 0.25) is 0 Å². The Kier molecular flexibility index (Phi) is 5.41. The molecular formula is C18H20N4O3S. The summed E-state index contributed by atoms with van der Waals surface area (Å²) in [4.78, 5) is 44.3. The lowest BCUT2D eigenvalue weighted by Gasteiger charge is -2.23. The van der Waals surface area contributed by atoms with Crippen LogP contribution in [0, 0.1) is 6.92 Å². The number of hydrogen-bond acceptors (Lipinski definition) is 5. The van der Waals surface area contributed by atoms with Gasteiger partial charge in [-0.2, -0.15) is 0 Å². The van der Waals surface area contributed by atoms with E-state index in [0.29, 0.717) is 10.8 Å². The Balaban J connectivity index is 1.90. The third-order valence-corrected chi connectivity index (χ3v) is 5.09. The summed E-state index contributed by atoms with van der Waals surface area (Å²) in [6.07, 6.45) is 0.844. The molecule has 2 heterocycles. The zero-order chi connectivity index (χ0) is 18.7. The molecule has 26 heavy (non-hydrogen) atoms. The highest BCUT2D eigenvalue weighted by molar-refractivity contribution is 7.99. The van der Waals surface area contributed by atoms with Gasteiger partial charge >= 0.3 is 0 Å². The smallest absolute Gasteiger partial charge is 0.257 e. The van der Waals surface area contributed by atoms with E-state index < -0.39 is 17.4 Å². The topological polar surface area (TPSA) is 104 Å². The first-order chi connectivity index (χ1) is 12.5. The van der Waals surface area contributed by atoms with Crippen molar-refractivity contribution >= 4 is 35.1 Å². The SMILES string of the molecule is CCCSc1nc2c(c(=O)[nH]1)[C@@H](C(=O)Nc1ccc(C)cc1)CC(=O)N2. The van der Waals surface area contributed by atoms with Gasteiger partial charge in [0, 0.05) is 17.9 Å². The molecule has 0 bridgehead atoms. The molecule has 0 saturated carbocycles. The Hall–Kier alpha value is -2.61. The van der Waals surface area contributed by atoms with Gasteiger partial charge in [-0.05, 0) is 25.5 Å². The molecule has 1 aliphatic rings. The summed E-state index contributed by atoms with van der Waals surface area (Å²) < 4.78 is 0. The number of nitrogens with zero attached hydrogens (tertiary/aromatic N) is 1. The van der Waals surface area contributed by atoms with Gasteiger partial charge in [0.15, 0.2) is 5.16 Å². The van der Waals surface area contributed by atoms with Crippen molar-refractivity contribution in [3.05, 3.63) is 45.7 Å². The molecule has 8 heteroatoms. The molecule has 0 spiro atoms. The molecule has 0 saturated heterocycles. The lowest BCUT2D eigenvalue weighted by molar-refractivity contribution is -0.123. The molecule has 0 radical (unpaired) electrons. The molecule has 3 rings (SSSR count). The molecule has 136 valence electrons. The van der Waals surface area contributed by atoms with Gasteiger partial charge in [0.25, 0.3) is 5.56 Å². The van der Waals surface area contributed by atoms with E-state index in [9.17, 15) is 14.4 Å². The minimum Gasteiger partial charge on any atom is -0.326 e. The Morgan fingerprint density at radius 1 is 1.31 bits per heavy atom. The number of amides is 2. The van der Waals surface area contributed by atoms with Gasteiger partial charge in [-0.3, -0.25) is 14.4 Å². The number of hydrogen-bond donors (Lipinski definition) is 3. The number of aromatic amines is 1. The van der Waals surface area contributed by atoms with E-state index in [2.05, 4.69) is 20.6 Å². The van der Waals surface area contributed by atoms with Crippen LogP contribution in [-0.4, -0.2) is 27.5 Å². The molecule has 0 fully saturated rings. The molecular weight excluding hydrogens is 352 g/mol.